The Morgan fingerprint density at radius 1 is 0.448 bits per heavy atom. The zero-order valence-electron chi connectivity index (χ0n) is 17.6. The Morgan fingerprint density at radius 3 is 0.483 bits per heavy atom. The third-order valence-corrected chi connectivity index (χ3v) is 13.3. The number of hydrogen-bond donors (Lipinski definition) is 3. The highest BCUT2D eigenvalue weighted by atomic mass is 80.0. The molecule has 0 atom stereocenters. The third kappa shape index (κ3) is 30.4. The second-order valence-corrected chi connectivity index (χ2v) is 30.1. The summed E-state index contributed by atoms with van der Waals surface area (Å²) >= 11 is 30.9. The highest BCUT2D eigenvalue weighted by molar-refractivity contribution is 9.40. The first-order valence-corrected chi connectivity index (χ1v) is 16.4. The van der Waals surface area contributed by atoms with Crippen molar-refractivity contribution in [3.8, 4) is 0 Å². The molecule has 0 saturated heterocycles. The fourth-order valence-corrected chi connectivity index (χ4v) is 0. The second-order valence-electron chi connectivity index (χ2n) is 8.76. The highest BCUT2D eigenvalue weighted by Gasteiger charge is 2.34. The first kappa shape index (κ1) is 40.6. The van der Waals surface area contributed by atoms with Gasteiger partial charge in [-0.3, -0.25) is 0 Å². The van der Waals surface area contributed by atoms with Crippen molar-refractivity contribution in [3.05, 3.63) is 0 Å². The SMILES string of the molecule is CC(C)(C)C(Br)(Br)Br.CC(C)(C)C(Br)(Br)Br.CC(C)(C)C(Br)(Br)Br.O=P(O)(O)O. The van der Waals surface area contributed by atoms with Crippen molar-refractivity contribution < 1.29 is 19.2 Å². The lowest BCUT2D eigenvalue weighted by Crippen LogP contribution is -2.22. The van der Waals surface area contributed by atoms with Crippen LogP contribution in [0.3, 0.4) is 0 Å². The van der Waals surface area contributed by atoms with Gasteiger partial charge in [0.1, 0.15) is 6.43 Å². The molecular formula is C15H30Br9O4P. The van der Waals surface area contributed by atoms with Crippen LogP contribution in [0.5, 0.6) is 0 Å². The van der Waals surface area contributed by atoms with Crippen molar-refractivity contribution in [1.82, 2.24) is 0 Å². The third-order valence-electron chi connectivity index (χ3n) is 2.55. The molecule has 14 heteroatoms. The largest absolute Gasteiger partial charge is 0.466 e. The van der Waals surface area contributed by atoms with Crippen LogP contribution in [0.1, 0.15) is 62.3 Å². The number of hydrogen-bond acceptors (Lipinski definition) is 1. The van der Waals surface area contributed by atoms with Gasteiger partial charge in [0.15, 0.2) is 0 Å². The van der Waals surface area contributed by atoms with Crippen LogP contribution in [0.15, 0.2) is 0 Å². The smallest absolute Gasteiger partial charge is 0.303 e. The van der Waals surface area contributed by atoms with E-state index < -0.39 is 7.82 Å². The minimum Gasteiger partial charge on any atom is -0.303 e. The van der Waals surface area contributed by atoms with Crippen molar-refractivity contribution in [2.24, 2.45) is 16.2 Å². The van der Waals surface area contributed by atoms with Crippen LogP contribution in [0.4, 0.5) is 0 Å². The molecule has 0 aromatic carbocycles. The molecular weight excluding hydrogens is 994 g/mol. The van der Waals surface area contributed by atoms with Crippen LogP contribution in [-0.4, -0.2) is 21.1 Å². The van der Waals surface area contributed by atoms with Crippen molar-refractivity contribution in [1.29, 1.82) is 0 Å². The number of alkyl halides is 9. The predicted molar refractivity (Wildman–Crippen MR) is 161 cm³/mol. The van der Waals surface area contributed by atoms with Gasteiger partial charge in [0.2, 0.25) is 0 Å². The molecule has 0 unspecified atom stereocenters. The topological polar surface area (TPSA) is 77.8 Å². The summed E-state index contributed by atoms with van der Waals surface area (Å²) in [6.07, 6.45) is 0. The summed E-state index contributed by atoms with van der Waals surface area (Å²) in [5, 5.41) is 0. The highest BCUT2D eigenvalue weighted by Crippen LogP contribution is 2.49. The maximum atomic E-state index is 8.88. The summed E-state index contributed by atoms with van der Waals surface area (Å²) in [7, 11) is -4.64. The molecule has 0 fully saturated rings. The van der Waals surface area contributed by atoms with E-state index in [1.165, 1.54) is 0 Å². The fourth-order valence-electron chi connectivity index (χ4n) is 0. The van der Waals surface area contributed by atoms with Gasteiger partial charge in [-0.2, -0.15) is 0 Å². The summed E-state index contributed by atoms with van der Waals surface area (Å²) in [6.45, 7) is 19.2. The van der Waals surface area contributed by atoms with E-state index in [1.54, 1.807) is 0 Å². The molecule has 182 valence electrons. The molecule has 0 rings (SSSR count). The van der Waals surface area contributed by atoms with Gasteiger partial charge in [-0.05, 0) is 16.2 Å². The van der Waals surface area contributed by atoms with Crippen molar-refractivity contribution >= 4 is 151 Å². The van der Waals surface area contributed by atoms with Gasteiger partial charge < -0.3 is 14.7 Å². The zero-order valence-corrected chi connectivity index (χ0v) is 32.8. The Kier molecular flexibility index (Phi) is 20.8. The molecule has 0 radical (unpaired) electrons. The molecule has 4 nitrogen and oxygen atoms in total. The lowest BCUT2D eigenvalue weighted by atomic mass is 10.0. The van der Waals surface area contributed by atoms with Gasteiger partial charge in [0, 0.05) is 0 Å². The van der Waals surface area contributed by atoms with Crippen LogP contribution in [0.25, 0.3) is 0 Å². The summed E-state index contributed by atoms with van der Waals surface area (Å²) < 4.78 is 8.51. The average molecular weight is 1020 g/mol. The summed E-state index contributed by atoms with van der Waals surface area (Å²) in [5.41, 5.74) is 0.562. The maximum Gasteiger partial charge on any atom is 0.466 e. The Labute approximate surface area is 252 Å². The standard InChI is InChI=1S/3C5H9Br3.H3O4P/c3*1-4(2,3)5(6,7)8;1-5(2,3)4/h3*1-3H3;(H3,1,2,3,4). The monoisotopic (exact) mass is 1020 g/mol. The van der Waals surface area contributed by atoms with E-state index in [4.69, 9.17) is 19.2 Å². The van der Waals surface area contributed by atoms with Crippen LogP contribution in [0, 0.1) is 16.2 Å². The van der Waals surface area contributed by atoms with E-state index in [0.29, 0.717) is 0 Å². The van der Waals surface area contributed by atoms with Crippen LogP contribution in [-0.2, 0) is 4.57 Å². The van der Waals surface area contributed by atoms with Crippen LogP contribution >= 0.6 is 151 Å². The van der Waals surface area contributed by atoms with Gasteiger partial charge in [-0.1, -0.05) is 206 Å². The normalized spacial score (nSPS) is 13.8. The van der Waals surface area contributed by atoms with Crippen molar-refractivity contribution in [3.63, 3.8) is 0 Å². The van der Waals surface area contributed by atoms with E-state index in [0.717, 1.165) is 0 Å². The lowest BCUT2D eigenvalue weighted by molar-refractivity contribution is 0.275. The molecule has 0 amide bonds. The first-order valence-electron chi connectivity index (χ1n) is 7.73. The minimum atomic E-state index is -4.64. The lowest BCUT2D eigenvalue weighted by Gasteiger charge is -2.28. The van der Waals surface area contributed by atoms with Crippen molar-refractivity contribution in [2.45, 2.75) is 68.7 Å². The summed E-state index contributed by atoms with van der Waals surface area (Å²) in [5.74, 6) is 0. The summed E-state index contributed by atoms with van der Waals surface area (Å²) in [6, 6.07) is 0. The van der Waals surface area contributed by atoms with E-state index in [-0.39, 0.29) is 22.7 Å². The molecule has 0 aliphatic heterocycles. The average Bonchev–Trinajstić information content (AvgIpc) is 2.18. The summed E-state index contributed by atoms with van der Waals surface area (Å²) in [4.78, 5) is 21.6. The quantitative estimate of drug-likeness (QED) is 0.167. The van der Waals surface area contributed by atoms with Gasteiger partial charge in [-0.25, -0.2) is 4.57 Å². The van der Waals surface area contributed by atoms with Crippen LogP contribution < -0.4 is 0 Å². The van der Waals surface area contributed by atoms with Gasteiger partial charge in [0.25, 0.3) is 0 Å². The van der Waals surface area contributed by atoms with E-state index in [9.17, 15) is 0 Å². The molecule has 3 N–H and O–H groups in total. The molecule has 0 aromatic heterocycles. The number of rotatable bonds is 0. The van der Waals surface area contributed by atoms with E-state index >= 15 is 0 Å². The van der Waals surface area contributed by atoms with E-state index in [1.807, 2.05) is 0 Å². The number of halogens is 9. The molecule has 0 aliphatic rings. The van der Waals surface area contributed by atoms with E-state index in [2.05, 4.69) is 206 Å². The minimum absolute atomic E-state index is 0.125. The zero-order chi connectivity index (χ0) is 25.5. The predicted octanol–water partition coefficient (Wildman–Crippen LogP) is 10.7. The Balaban J connectivity index is -0.000000146. The Bertz CT molecular complexity index is 384. The second kappa shape index (κ2) is 14.9. The fraction of sp³-hybridized carbons (Fsp3) is 1.00. The van der Waals surface area contributed by atoms with Gasteiger partial charge in [0.05, 0.1) is 0 Å². The number of phosphoric acid groups is 1. The molecule has 0 spiro atoms. The Morgan fingerprint density at radius 2 is 0.483 bits per heavy atom. The van der Waals surface area contributed by atoms with Gasteiger partial charge in [-0.15, -0.1) is 0 Å². The molecule has 0 bridgehead atoms. The maximum absolute atomic E-state index is 8.88. The van der Waals surface area contributed by atoms with Crippen LogP contribution in [0.2, 0.25) is 0 Å². The molecule has 0 aromatic rings. The van der Waals surface area contributed by atoms with Crippen molar-refractivity contribution in [2.75, 3.05) is 0 Å². The molecule has 29 heavy (non-hydrogen) atoms. The first-order chi connectivity index (χ1) is 11.8. The van der Waals surface area contributed by atoms with Gasteiger partial charge >= 0.3 is 7.82 Å². The Hall–Kier alpha value is 4.43. The molecule has 0 aliphatic carbocycles. The molecule has 0 saturated carbocycles. The molecule has 0 heterocycles.